The molecule has 2 aromatic carbocycles. The minimum absolute atomic E-state index is 0.0711. The Bertz CT molecular complexity index is 1890. The third-order valence-electron chi connectivity index (χ3n) is 10.7. The Morgan fingerprint density at radius 1 is 1.11 bits per heavy atom. The van der Waals surface area contributed by atoms with Gasteiger partial charge in [-0.15, -0.1) is 6.42 Å². The number of aromatic nitrogens is 3. The normalized spacial score (nSPS) is 26.1. The number of hydrogen-bond donors (Lipinski definition) is 1. The molecule has 6 heterocycles. The Morgan fingerprint density at radius 3 is 2.85 bits per heavy atom. The van der Waals surface area contributed by atoms with Gasteiger partial charge in [0.2, 0.25) is 0 Å². The SMILES string of the molecule is C#Cc1c(F)ccc2cccc(-c3nc4c5c(nc(OC[C@@]67CCCN6C[C@H](F)C7)nc5c3F)N3CCN[C@@H](CC)[C@H]3CCC4)c12. The molecule has 8 rings (SSSR count). The van der Waals surface area contributed by atoms with Crippen LogP contribution in [0.5, 0.6) is 6.01 Å². The first-order valence-corrected chi connectivity index (χ1v) is 16.5. The molecule has 4 aromatic rings. The van der Waals surface area contributed by atoms with Crippen molar-refractivity contribution in [1.82, 2.24) is 25.2 Å². The molecule has 0 aliphatic carbocycles. The van der Waals surface area contributed by atoms with E-state index in [4.69, 9.17) is 26.1 Å². The van der Waals surface area contributed by atoms with E-state index in [0.29, 0.717) is 59.2 Å². The largest absolute Gasteiger partial charge is 0.461 e. The highest BCUT2D eigenvalue weighted by molar-refractivity contribution is 6.02. The fraction of sp³-hybridized carbons (Fsp3) is 0.472. The van der Waals surface area contributed by atoms with Crippen LogP contribution in [-0.4, -0.2) is 76.4 Å². The highest BCUT2D eigenvalue weighted by Gasteiger charge is 2.49. The summed E-state index contributed by atoms with van der Waals surface area (Å²) >= 11 is 0. The molecule has 0 spiro atoms. The molecule has 0 saturated carbocycles. The van der Waals surface area contributed by atoms with Gasteiger partial charge < -0.3 is 15.0 Å². The summed E-state index contributed by atoms with van der Waals surface area (Å²) in [5.41, 5.74) is 0.980. The topological polar surface area (TPSA) is 66.4 Å². The molecule has 10 heteroatoms. The molecule has 0 bridgehead atoms. The summed E-state index contributed by atoms with van der Waals surface area (Å²) in [6.45, 7) is 5.13. The number of fused-ring (bicyclic) bond motifs is 4. The number of nitrogens with zero attached hydrogens (tertiary/aromatic N) is 5. The number of nitrogens with one attached hydrogen (secondary N) is 1. The summed E-state index contributed by atoms with van der Waals surface area (Å²) in [6, 6.07) is 8.85. The van der Waals surface area contributed by atoms with Crippen molar-refractivity contribution in [2.75, 3.05) is 37.7 Å². The molecular formula is C36H37F3N6O. The molecule has 7 nitrogen and oxygen atoms in total. The maximum Gasteiger partial charge on any atom is 0.319 e. The summed E-state index contributed by atoms with van der Waals surface area (Å²) in [5.74, 6) is 1.93. The van der Waals surface area contributed by atoms with Gasteiger partial charge in [0.05, 0.1) is 22.2 Å². The smallest absolute Gasteiger partial charge is 0.319 e. The van der Waals surface area contributed by atoms with Crippen LogP contribution in [0, 0.1) is 24.0 Å². The van der Waals surface area contributed by atoms with Gasteiger partial charge in [-0.05, 0) is 56.5 Å². The third-order valence-corrected chi connectivity index (χ3v) is 10.7. The molecule has 1 N–H and O–H groups in total. The van der Waals surface area contributed by atoms with Gasteiger partial charge in [-0.2, -0.15) is 9.97 Å². The van der Waals surface area contributed by atoms with Gasteiger partial charge in [-0.25, -0.2) is 18.2 Å². The van der Waals surface area contributed by atoms with Crippen LogP contribution in [0.4, 0.5) is 19.0 Å². The second kappa shape index (κ2) is 11.4. The van der Waals surface area contributed by atoms with Crippen LogP contribution in [0.1, 0.15) is 56.7 Å². The van der Waals surface area contributed by atoms with Crippen molar-refractivity contribution < 1.29 is 17.9 Å². The zero-order valence-electron chi connectivity index (χ0n) is 26.0. The number of rotatable bonds is 5. The molecule has 4 aliphatic heterocycles. The molecule has 0 radical (unpaired) electrons. The fourth-order valence-corrected chi connectivity index (χ4v) is 8.58. The fourth-order valence-electron chi connectivity index (χ4n) is 8.58. The van der Waals surface area contributed by atoms with E-state index in [0.717, 1.165) is 45.2 Å². The van der Waals surface area contributed by atoms with E-state index in [2.05, 4.69) is 28.0 Å². The molecule has 3 fully saturated rings. The lowest BCUT2D eigenvalue weighted by Crippen LogP contribution is -2.58. The summed E-state index contributed by atoms with van der Waals surface area (Å²) in [6.07, 6.45) is 10.4. The second-order valence-electron chi connectivity index (χ2n) is 13.2. The molecule has 46 heavy (non-hydrogen) atoms. The average molecular weight is 627 g/mol. The predicted octanol–water partition coefficient (Wildman–Crippen LogP) is 5.95. The Labute approximate surface area is 266 Å². The lowest BCUT2D eigenvalue weighted by molar-refractivity contribution is 0.107. The van der Waals surface area contributed by atoms with Crippen molar-refractivity contribution in [2.24, 2.45) is 0 Å². The Morgan fingerprint density at radius 2 is 2.00 bits per heavy atom. The predicted molar refractivity (Wildman–Crippen MR) is 173 cm³/mol. The van der Waals surface area contributed by atoms with Gasteiger partial charge in [0.15, 0.2) is 5.82 Å². The number of aryl methyl sites for hydroxylation is 1. The second-order valence-corrected chi connectivity index (χ2v) is 13.2. The lowest BCUT2D eigenvalue weighted by Gasteiger charge is -2.44. The molecule has 4 atom stereocenters. The number of anilines is 1. The first kappa shape index (κ1) is 29.5. The van der Waals surface area contributed by atoms with Crippen LogP contribution in [0.25, 0.3) is 32.9 Å². The zero-order valence-corrected chi connectivity index (χ0v) is 26.0. The highest BCUT2D eigenvalue weighted by Crippen LogP contribution is 2.43. The van der Waals surface area contributed by atoms with Gasteiger partial charge in [0.25, 0.3) is 0 Å². The number of ether oxygens (including phenoxy) is 1. The highest BCUT2D eigenvalue weighted by atomic mass is 19.1. The number of terminal acetylenes is 1. The van der Waals surface area contributed by atoms with Gasteiger partial charge >= 0.3 is 6.01 Å². The van der Waals surface area contributed by atoms with E-state index < -0.39 is 23.3 Å². The van der Waals surface area contributed by atoms with Crippen molar-refractivity contribution in [2.45, 2.75) is 75.7 Å². The number of benzene rings is 2. The van der Waals surface area contributed by atoms with Gasteiger partial charge in [0, 0.05) is 49.1 Å². The van der Waals surface area contributed by atoms with Crippen LogP contribution < -0.4 is 15.0 Å². The molecule has 0 unspecified atom stereocenters. The number of halogens is 3. The minimum Gasteiger partial charge on any atom is -0.461 e. The standard InChI is InChI=1S/C36H37F3N6O/c1-3-23-25(38)13-12-21-8-5-9-24(29(21)23)32-31(39)33-30-27(41-32)10-6-11-28-26(4-2)40-15-17-45(28)34(30)43-35(42-33)46-20-36-14-7-16-44(36)19-22(37)18-36/h1,5,8-9,12-13,22,26,28,40H,4,6-7,10-11,14-20H2,2H3/t22-,26+,28-,36+/m1/s1. The molecular weight excluding hydrogens is 589 g/mol. The summed E-state index contributed by atoms with van der Waals surface area (Å²) in [5, 5.41) is 5.38. The summed E-state index contributed by atoms with van der Waals surface area (Å²) in [4.78, 5) is 19.1. The van der Waals surface area contributed by atoms with E-state index in [1.165, 1.54) is 6.07 Å². The van der Waals surface area contributed by atoms with Crippen LogP contribution in [-0.2, 0) is 6.42 Å². The van der Waals surface area contributed by atoms with Crippen LogP contribution >= 0.6 is 0 Å². The number of hydrogen-bond acceptors (Lipinski definition) is 7. The van der Waals surface area contributed by atoms with Gasteiger partial charge in [-0.1, -0.05) is 37.1 Å². The van der Waals surface area contributed by atoms with E-state index in [9.17, 15) is 8.78 Å². The minimum atomic E-state index is -0.894. The molecule has 238 valence electrons. The zero-order chi connectivity index (χ0) is 31.6. The molecule has 3 saturated heterocycles. The van der Waals surface area contributed by atoms with E-state index >= 15 is 4.39 Å². The van der Waals surface area contributed by atoms with E-state index in [-0.39, 0.29) is 41.5 Å². The quantitative estimate of drug-likeness (QED) is 0.275. The average Bonchev–Trinajstić information content (AvgIpc) is 3.59. The van der Waals surface area contributed by atoms with E-state index in [1.54, 1.807) is 18.2 Å². The van der Waals surface area contributed by atoms with Gasteiger partial charge in [0.1, 0.15) is 35.6 Å². The van der Waals surface area contributed by atoms with Crippen LogP contribution in [0.2, 0.25) is 0 Å². The monoisotopic (exact) mass is 626 g/mol. The van der Waals surface area contributed by atoms with Crippen molar-refractivity contribution in [3.05, 3.63) is 53.2 Å². The van der Waals surface area contributed by atoms with Crippen LogP contribution in [0.15, 0.2) is 30.3 Å². The summed E-state index contributed by atoms with van der Waals surface area (Å²) < 4.78 is 52.9. The van der Waals surface area contributed by atoms with Gasteiger partial charge in [-0.3, -0.25) is 4.90 Å². The summed E-state index contributed by atoms with van der Waals surface area (Å²) in [7, 11) is 0. The number of pyridine rings is 1. The Balaban J connectivity index is 1.33. The Kier molecular flexibility index (Phi) is 7.29. The van der Waals surface area contributed by atoms with E-state index in [1.807, 2.05) is 6.07 Å². The molecule has 4 aliphatic rings. The van der Waals surface area contributed by atoms with Crippen molar-refractivity contribution in [3.8, 4) is 29.6 Å². The Hall–Kier alpha value is -3.94. The molecule has 2 aromatic heterocycles. The first-order chi connectivity index (χ1) is 22.4. The maximum absolute atomic E-state index is 17.1. The number of alkyl halides is 1. The maximum atomic E-state index is 17.1. The van der Waals surface area contributed by atoms with Crippen molar-refractivity contribution in [1.29, 1.82) is 0 Å². The van der Waals surface area contributed by atoms with Crippen LogP contribution in [0.3, 0.4) is 0 Å². The van der Waals surface area contributed by atoms with Crippen molar-refractivity contribution >= 4 is 27.5 Å². The number of piperazine rings is 1. The molecule has 0 amide bonds. The third kappa shape index (κ3) is 4.62. The first-order valence-electron chi connectivity index (χ1n) is 16.5. The van der Waals surface area contributed by atoms with Crippen molar-refractivity contribution in [3.63, 3.8) is 0 Å². The lowest BCUT2D eigenvalue weighted by atomic mass is 9.91.